The van der Waals surface area contributed by atoms with Crippen LogP contribution >= 0.6 is 11.8 Å². The molecular formula is C13H25N5O2S. The Bertz CT molecular complexity index is 539. The molecule has 120 valence electrons. The molecule has 0 saturated heterocycles. The molecule has 1 aromatic rings. The van der Waals surface area contributed by atoms with Gasteiger partial charge in [-0.3, -0.25) is 9.36 Å². The fourth-order valence-electron chi connectivity index (χ4n) is 2.34. The van der Waals surface area contributed by atoms with Gasteiger partial charge in [-0.15, -0.1) is 5.10 Å². The minimum absolute atomic E-state index is 0.0780. The van der Waals surface area contributed by atoms with Crippen LogP contribution in [-0.2, 0) is 11.3 Å². The van der Waals surface area contributed by atoms with Crippen molar-refractivity contribution >= 4 is 17.7 Å². The molecule has 1 aromatic heterocycles. The average molecular weight is 315 g/mol. The van der Waals surface area contributed by atoms with E-state index in [-0.39, 0.29) is 22.9 Å². The Morgan fingerprint density at radius 1 is 1.52 bits per heavy atom. The number of H-pyrrole nitrogens is 1. The van der Waals surface area contributed by atoms with Crippen LogP contribution in [0.4, 0.5) is 0 Å². The summed E-state index contributed by atoms with van der Waals surface area (Å²) in [5, 5.41) is 10.4. The highest BCUT2D eigenvalue weighted by atomic mass is 32.2. The number of amides is 1. The Kier molecular flexibility index (Phi) is 6.03. The predicted octanol–water partition coefficient (Wildman–Crippen LogP) is 0.704. The molecule has 0 spiro atoms. The predicted molar refractivity (Wildman–Crippen MR) is 84.3 cm³/mol. The van der Waals surface area contributed by atoms with Gasteiger partial charge >= 0.3 is 5.69 Å². The molecule has 2 unspecified atom stereocenters. The van der Waals surface area contributed by atoms with Crippen LogP contribution < -0.4 is 16.7 Å². The lowest BCUT2D eigenvalue weighted by atomic mass is 9.94. The van der Waals surface area contributed by atoms with Gasteiger partial charge in [-0.05, 0) is 34.1 Å². The summed E-state index contributed by atoms with van der Waals surface area (Å²) in [7, 11) is 0. The molecule has 21 heavy (non-hydrogen) atoms. The van der Waals surface area contributed by atoms with Crippen molar-refractivity contribution in [3.63, 3.8) is 0 Å². The van der Waals surface area contributed by atoms with Gasteiger partial charge in [0.25, 0.3) is 0 Å². The zero-order valence-electron chi connectivity index (χ0n) is 13.3. The summed E-state index contributed by atoms with van der Waals surface area (Å²) in [6.45, 7) is 10.2. The zero-order chi connectivity index (χ0) is 16.2. The third kappa shape index (κ3) is 4.60. The van der Waals surface area contributed by atoms with E-state index in [2.05, 4.69) is 15.5 Å². The standard InChI is InChI=1S/C13H25N5O2S/c1-6-18-11(20)16-17-12(18)21-9(4)7-13(5,10(14)19)15-8(2)3/h8-9,15H,6-7H2,1-5H3,(H2,14,19)(H,16,20). The van der Waals surface area contributed by atoms with Crippen molar-refractivity contribution in [2.45, 2.75) is 69.6 Å². The lowest BCUT2D eigenvalue weighted by Crippen LogP contribution is -2.56. The SMILES string of the molecule is CCn1c(SC(C)CC(C)(NC(C)C)C(N)=O)n[nH]c1=O. The summed E-state index contributed by atoms with van der Waals surface area (Å²) >= 11 is 1.46. The van der Waals surface area contributed by atoms with Crippen LogP contribution in [0.1, 0.15) is 41.0 Å². The van der Waals surface area contributed by atoms with Crippen LogP contribution in [0.25, 0.3) is 0 Å². The number of thioether (sulfide) groups is 1. The van der Waals surface area contributed by atoms with Gasteiger partial charge in [-0.2, -0.15) is 0 Å². The second-order valence-electron chi connectivity index (χ2n) is 5.68. The number of aromatic nitrogens is 3. The molecule has 0 aliphatic rings. The van der Waals surface area contributed by atoms with Gasteiger partial charge < -0.3 is 11.1 Å². The first kappa shape index (κ1) is 17.8. The van der Waals surface area contributed by atoms with E-state index in [0.717, 1.165) is 0 Å². The van der Waals surface area contributed by atoms with Crippen molar-refractivity contribution in [3.8, 4) is 0 Å². The second-order valence-corrected chi connectivity index (χ2v) is 7.09. The van der Waals surface area contributed by atoms with Gasteiger partial charge in [0.1, 0.15) is 0 Å². The fraction of sp³-hybridized carbons (Fsp3) is 0.769. The Balaban J connectivity index is 2.81. The molecule has 1 heterocycles. The molecule has 0 bridgehead atoms. The number of rotatable bonds is 8. The first-order valence-electron chi connectivity index (χ1n) is 7.09. The van der Waals surface area contributed by atoms with E-state index >= 15 is 0 Å². The third-order valence-electron chi connectivity index (χ3n) is 3.19. The zero-order valence-corrected chi connectivity index (χ0v) is 14.1. The smallest absolute Gasteiger partial charge is 0.343 e. The van der Waals surface area contributed by atoms with E-state index in [4.69, 9.17) is 5.73 Å². The molecule has 0 aliphatic heterocycles. The van der Waals surface area contributed by atoms with Gasteiger partial charge in [-0.25, -0.2) is 9.89 Å². The van der Waals surface area contributed by atoms with Gasteiger partial charge in [0.15, 0.2) is 5.16 Å². The molecule has 1 rings (SSSR count). The fourth-order valence-corrected chi connectivity index (χ4v) is 3.55. The highest BCUT2D eigenvalue weighted by Gasteiger charge is 2.33. The van der Waals surface area contributed by atoms with Crippen LogP contribution in [0.5, 0.6) is 0 Å². The Hall–Kier alpha value is -1.28. The maximum absolute atomic E-state index is 11.7. The maximum Gasteiger partial charge on any atom is 0.343 e. The lowest BCUT2D eigenvalue weighted by Gasteiger charge is -2.32. The first-order chi connectivity index (χ1) is 9.69. The van der Waals surface area contributed by atoms with E-state index in [9.17, 15) is 9.59 Å². The van der Waals surface area contributed by atoms with Crippen molar-refractivity contribution in [3.05, 3.63) is 10.5 Å². The Labute approximate surface area is 129 Å². The second kappa shape index (κ2) is 7.13. The summed E-state index contributed by atoms with van der Waals surface area (Å²) in [6, 6.07) is 0.152. The molecule has 0 radical (unpaired) electrons. The quantitative estimate of drug-likeness (QED) is 0.612. The molecule has 0 aromatic carbocycles. The van der Waals surface area contributed by atoms with Crippen molar-refractivity contribution in [1.82, 2.24) is 20.1 Å². The number of aromatic amines is 1. The molecule has 8 heteroatoms. The number of carbonyl (C=O) groups excluding carboxylic acids is 1. The summed E-state index contributed by atoms with van der Waals surface area (Å²) in [6.07, 6.45) is 0.552. The lowest BCUT2D eigenvalue weighted by molar-refractivity contribution is -0.124. The van der Waals surface area contributed by atoms with Crippen molar-refractivity contribution < 1.29 is 4.79 Å². The van der Waals surface area contributed by atoms with E-state index in [0.29, 0.717) is 18.1 Å². The number of nitrogens with one attached hydrogen (secondary N) is 2. The van der Waals surface area contributed by atoms with Crippen LogP contribution in [-0.4, -0.2) is 37.5 Å². The molecule has 0 fully saturated rings. The number of primary amides is 1. The normalized spacial score (nSPS) is 15.9. The van der Waals surface area contributed by atoms with E-state index in [1.165, 1.54) is 11.8 Å². The molecular weight excluding hydrogens is 290 g/mol. The Morgan fingerprint density at radius 2 is 2.14 bits per heavy atom. The van der Waals surface area contributed by atoms with Gasteiger partial charge in [0, 0.05) is 17.8 Å². The molecule has 4 N–H and O–H groups in total. The largest absolute Gasteiger partial charge is 0.368 e. The molecule has 2 atom stereocenters. The summed E-state index contributed by atoms with van der Waals surface area (Å²) in [5.74, 6) is -0.376. The summed E-state index contributed by atoms with van der Waals surface area (Å²) in [5.41, 5.74) is 4.53. The number of hydrogen-bond acceptors (Lipinski definition) is 5. The monoisotopic (exact) mass is 315 g/mol. The van der Waals surface area contributed by atoms with Gasteiger partial charge in [-0.1, -0.05) is 18.7 Å². The number of nitrogens with two attached hydrogens (primary N) is 1. The average Bonchev–Trinajstić information content (AvgIpc) is 2.68. The van der Waals surface area contributed by atoms with E-state index in [1.807, 2.05) is 34.6 Å². The third-order valence-corrected chi connectivity index (χ3v) is 4.28. The van der Waals surface area contributed by atoms with Crippen LogP contribution in [0.2, 0.25) is 0 Å². The van der Waals surface area contributed by atoms with Crippen molar-refractivity contribution in [2.75, 3.05) is 0 Å². The highest BCUT2D eigenvalue weighted by Crippen LogP contribution is 2.27. The molecule has 0 saturated carbocycles. The number of hydrogen-bond donors (Lipinski definition) is 3. The highest BCUT2D eigenvalue weighted by molar-refractivity contribution is 7.99. The van der Waals surface area contributed by atoms with E-state index < -0.39 is 5.54 Å². The topological polar surface area (TPSA) is 106 Å². The van der Waals surface area contributed by atoms with Crippen LogP contribution in [0.3, 0.4) is 0 Å². The van der Waals surface area contributed by atoms with Crippen LogP contribution in [0.15, 0.2) is 9.95 Å². The number of carbonyl (C=O) groups is 1. The van der Waals surface area contributed by atoms with Crippen LogP contribution in [0, 0.1) is 0 Å². The minimum atomic E-state index is -0.784. The van der Waals surface area contributed by atoms with Crippen molar-refractivity contribution in [1.29, 1.82) is 0 Å². The van der Waals surface area contributed by atoms with Gasteiger partial charge in [0.2, 0.25) is 5.91 Å². The van der Waals surface area contributed by atoms with Crippen molar-refractivity contribution in [2.24, 2.45) is 5.73 Å². The summed E-state index contributed by atoms with van der Waals surface area (Å²) in [4.78, 5) is 23.3. The molecule has 0 aliphatic carbocycles. The maximum atomic E-state index is 11.7. The van der Waals surface area contributed by atoms with Gasteiger partial charge in [0.05, 0.1) is 5.54 Å². The Morgan fingerprint density at radius 3 is 2.62 bits per heavy atom. The first-order valence-corrected chi connectivity index (χ1v) is 7.97. The number of nitrogens with zero attached hydrogens (tertiary/aromatic N) is 2. The minimum Gasteiger partial charge on any atom is -0.368 e. The molecule has 7 nitrogen and oxygen atoms in total. The summed E-state index contributed by atoms with van der Waals surface area (Å²) < 4.78 is 1.57. The van der Waals surface area contributed by atoms with E-state index in [1.54, 1.807) is 4.57 Å². The molecule has 1 amide bonds.